The summed E-state index contributed by atoms with van der Waals surface area (Å²) in [7, 11) is 0. The highest BCUT2D eigenvalue weighted by Gasteiger charge is 2.48. The minimum atomic E-state index is 0.156. The Morgan fingerprint density at radius 2 is 2.00 bits per heavy atom. The minimum absolute atomic E-state index is 0.156. The van der Waals surface area contributed by atoms with Crippen LogP contribution in [0.5, 0.6) is 5.75 Å². The quantitative estimate of drug-likeness (QED) is 0.795. The zero-order valence-electron chi connectivity index (χ0n) is 14.3. The van der Waals surface area contributed by atoms with Crippen molar-refractivity contribution in [3.63, 3.8) is 0 Å². The van der Waals surface area contributed by atoms with Crippen LogP contribution in [-0.4, -0.2) is 22.6 Å². The van der Waals surface area contributed by atoms with Gasteiger partial charge >= 0.3 is 0 Å². The van der Waals surface area contributed by atoms with Gasteiger partial charge in [-0.25, -0.2) is 0 Å². The Hall–Kier alpha value is -1.32. The zero-order chi connectivity index (χ0) is 16.9. The predicted molar refractivity (Wildman–Crippen MR) is 101 cm³/mol. The molecule has 1 N–H and O–H groups in total. The Bertz CT molecular complexity index is 760. The minimum Gasteiger partial charge on any atom is -0.507 e. The first kappa shape index (κ1) is 16.2. The third-order valence-electron chi connectivity index (χ3n) is 6.42. The van der Waals surface area contributed by atoms with Crippen LogP contribution in [0.1, 0.15) is 37.0 Å². The number of halogens is 1. The van der Waals surface area contributed by atoms with Gasteiger partial charge in [0.15, 0.2) is 0 Å². The third kappa shape index (κ3) is 2.49. The summed E-state index contributed by atoms with van der Waals surface area (Å²) in [5, 5.41) is 10.2. The standard InChI is InChI=1S/C21H24BrNO/c1-14-19-11-16-10-18(22)20(24)12-17(16)21(14,2)8-9-23(19)13-15-6-4-3-5-7-15/h3-7,10,12,14,19,24H,8-9,11,13H2,1-2H3/t14-,19+,21+/m1/s1. The van der Waals surface area contributed by atoms with Crippen LogP contribution in [0.15, 0.2) is 46.9 Å². The van der Waals surface area contributed by atoms with Crippen molar-refractivity contribution >= 4 is 15.9 Å². The highest BCUT2D eigenvalue weighted by molar-refractivity contribution is 9.10. The predicted octanol–water partition coefficient (Wildman–Crippen LogP) is 4.88. The second-order valence-corrected chi connectivity index (χ2v) is 8.50. The van der Waals surface area contributed by atoms with Gasteiger partial charge in [0.25, 0.3) is 0 Å². The van der Waals surface area contributed by atoms with Gasteiger partial charge in [-0.05, 0) is 75.5 Å². The van der Waals surface area contributed by atoms with E-state index in [0.29, 0.717) is 17.7 Å². The normalized spacial score (nSPS) is 29.3. The van der Waals surface area contributed by atoms with Crippen molar-refractivity contribution in [3.05, 3.63) is 63.6 Å². The van der Waals surface area contributed by atoms with E-state index in [1.54, 1.807) is 0 Å². The molecule has 0 saturated carbocycles. The molecule has 4 rings (SSSR count). The van der Waals surface area contributed by atoms with Crippen LogP contribution in [-0.2, 0) is 18.4 Å². The first-order valence-electron chi connectivity index (χ1n) is 8.79. The van der Waals surface area contributed by atoms with Gasteiger partial charge in [-0.1, -0.05) is 44.2 Å². The molecule has 2 aromatic carbocycles. The molecule has 1 aliphatic carbocycles. The Kier molecular flexibility index (Phi) is 3.97. The van der Waals surface area contributed by atoms with Gasteiger partial charge in [0.2, 0.25) is 0 Å². The molecular formula is C21H24BrNO. The van der Waals surface area contributed by atoms with Crippen molar-refractivity contribution in [1.29, 1.82) is 0 Å². The van der Waals surface area contributed by atoms with Gasteiger partial charge < -0.3 is 5.11 Å². The van der Waals surface area contributed by atoms with Crippen LogP contribution >= 0.6 is 15.9 Å². The van der Waals surface area contributed by atoms with E-state index in [1.165, 1.54) is 16.7 Å². The number of rotatable bonds is 2. The first-order valence-corrected chi connectivity index (χ1v) is 9.58. The average molecular weight is 386 g/mol. The average Bonchev–Trinajstić information content (AvgIpc) is 2.57. The van der Waals surface area contributed by atoms with Crippen molar-refractivity contribution in [1.82, 2.24) is 4.90 Å². The van der Waals surface area contributed by atoms with Gasteiger partial charge in [0.1, 0.15) is 5.75 Å². The van der Waals surface area contributed by atoms with E-state index in [1.807, 2.05) is 6.07 Å². The maximum absolute atomic E-state index is 10.2. The number of benzene rings is 2. The summed E-state index contributed by atoms with van der Waals surface area (Å²) in [6.07, 6.45) is 2.21. The van der Waals surface area contributed by atoms with E-state index in [4.69, 9.17) is 0 Å². The first-order chi connectivity index (χ1) is 11.5. The number of aromatic hydroxyl groups is 1. The van der Waals surface area contributed by atoms with E-state index >= 15 is 0 Å². The molecule has 0 amide bonds. The summed E-state index contributed by atoms with van der Waals surface area (Å²) in [4.78, 5) is 2.66. The van der Waals surface area contributed by atoms with E-state index in [0.717, 1.165) is 30.4 Å². The molecule has 0 radical (unpaired) electrons. The van der Waals surface area contributed by atoms with E-state index < -0.39 is 0 Å². The molecule has 3 heteroatoms. The van der Waals surface area contributed by atoms with Crippen LogP contribution in [0.3, 0.4) is 0 Å². The molecule has 1 fully saturated rings. The van der Waals surface area contributed by atoms with Crippen molar-refractivity contribution in [2.75, 3.05) is 6.54 Å². The van der Waals surface area contributed by atoms with Gasteiger partial charge in [-0.15, -0.1) is 0 Å². The largest absolute Gasteiger partial charge is 0.507 e. The Morgan fingerprint density at radius 3 is 2.75 bits per heavy atom. The third-order valence-corrected chi connectivity index (χ3v) is 7.05. The topological polar surface area (TPSA) is 23.5 Å². The Morgan fingerprint density at radius 1 is 1.25 bits per heavy atom. The van der Waals surface area contributed by atoms with Crippen molar-refractivity contribution in [3.8, 4) is 5.75 Å². The maximum Gasteiger partial charge on any atom is 0.130 e. The van der Waals surface area contributed by atoms with Gasteiger partial charge in [0.05, 0.1) is 4.47 Å². The summed E-state index contributed by atoms with van der Waals surface area (Å²) >= 11 is 3.49. The molecular weight excluding hydrogens is 362 g/mol. The summed E-state index contributed by atoms with van der Waals surface area (Å²) in [6.45, 7) is 6.93. The maximum atomic E-state index is 10.2. The van der Waals surface area contributed by atoms with Crippen LogP contribution in [0.25, 0.3) is 0 Å². The van der Waals surface area contributed by atoms with Gasteiger partial charge in [-0.3, -0.25) is 4.90 Å². The summed E-state index contributed by atoms with van der Waals surface area (Å²) in [6, 6.07) is 15.5. The Labute approximate surface area is 152 Å². The number of hydrogen-bond acceptors (Lipinski definition) is 2. The number of piperidine rings is 1. The van der Waals surface area contributed by atoms with E-state index in [-0.39, 0.29) is 5.41 Å². The zero-order valence-corrected chi connectivity index (χ0v) is 15.9. The molecule has 1 saturated heterocycles. The second kappa shape index (κ2) is 5.89. The molecule has 2 aromatic rings. The Balaban J connectivity index is 1.69. The fraction of sp³-hybridized carbons (Fsp3) is 0.429. The lowest BCUT2D eigenvalue weighted by Crippen LogP contribution is -2.57. The highest BCUT2D eigenvalue weighted by atomic mass is 79.9. The van der Waals surface area contributed by atoms with Crippen LogP contribution < -0.4 is 0 Å². The summed E-state index contributed by atoms with van der Waals surface area (Å²) in [5.74, 6) is 0.954. The number of phenols is 1. The van der Waals surface area contributed by atoms with Crippen LogP contribution in [0.2, 0.25) is 0 Å². The smallest absolute Gasteiger partial charge is 0.130 e. The van der Waals surface area contributed by atoms with Gasteiger partial charge in [0, 0.05) is 12.6 Å². The number of hydrogen-bond donors (Lipinski definition) is 1. The van der Waals surface area contributed by atoms with Crippen molar-refractivity contribution in [2.45, 2.75) is 44.7 Å². The molecule has 0 spiro atoms. The molecule has 0 unspecified atom stereocenters. The molecule has 0 aromatic heterocycles. The monoisotopic (exact) mass is 385 g/mol. The fourth-order valence-corrected chi connectivity index (χ4v) is 5.13. The number of likely N-dealkylation sites (tertiary alicyclic amines) is 1. The number of fused-ring (bicyclic) bond motifs is 4. The lowest BCUT2D eigenvalue weighted by Gasteiger charge is -2.54. The summed E-state index contributed by atoms with van der Waals surface area (Å²) < 4.78 is 0.812. The number of nitrogens with zero attached hydrogens (tertiary/aromatic N) is 1. The van der Waals surface area contributed by atoms with E-state index in [2.05, 4.69) is 71.1 Å². The SMILES string of the molecule is C[C@@H]1[C@@H]2Cc3cc(Br)c(O)cc3[C@@]1(C)CCN2Cc1ccccc1. The number of phenolic OH excluding ortho intramolecular Hbond substituents is 1. The van der Waals surface area contributed by atoms with Crippen LogP contribution in [0.4, 0.5) is 0 Å². The van der Waals surface area contributed by atoms with E-state index in [9.17, 15) is 5.11 Å². The fourth-order valence-electron chi connectivity index (χ4n) is 4.74. The molecule has 126 valence electrons. The molecule has 2 bridgehead atoms. The lowest BCUT2D eigenvalue weighted by molar-refractivity contribution is 0.0257. The second-order valence-electron chi connectivity index (χ2n) is 7.64. The van der Waals surface area contributed by atoms with Crippen LogP contribution in [0, 0.1) is 5.92 Å². The van der Waals surface area contributed by atoms with Crippen molar-refractivity contribution in [2.24, 2.45) is 5.92 Å². The molecule has 1 aliphatic heterocycles. The molecule has 2 aliphatic rings. The molecule has 2 nitrogen and oxygen atoms in total. The molecule has 1 heterocycles. The van der Waals surface area contributed by atoms with Crippen molar-refractivity contribution < 1.29 is 5.11 Å². The highest BCUT2D eigenvalue weighted by Crippen LogP contribution is 2.50. The molecule has 24 heavy (non-hydrogen) atoms. The summed E-state index contributed by atoms with van der Waals surface area (Å²) in [5.41, 5.74) is 4.30. The lowest BCUT2D eigenvalue weighted by atomic mass is 9.59. The van der Waals surface area contributed by atoms with Gasteiger partial charge in [-0.2, -0.15) is 0 Å². The molecule has 3 atom stereocenters.